The van der Waals surface area contributed by atoms with Gasteiger partial charge in [-0.05, 0) is 76.6 Å². The van der Waals surface area contributed by atoms with Crippen molar-refractivity contribution >= 4 is 38.3 Å². The van der Waals surface area contributed by atoms with Crippen LogP contribution in [0.15, 0.2) is 101 Å². The summed E-state index contributed by atoms with van der Waals surface area (Å²) in [5.41, 5.74) is 3.86. The van der Waals surface area contributed by atoms with E-state index in [-0.39, 0.29) is 5.56 Å². The lowest BCUT2D eigenvalue weighted by Crippen LogP contribution is -2.23. The molecule has 10 heteroatoms. The Kier molecular flexibility index (Phi) is 7.02. The number of hydrogen-bond acceptors (Lipinski definition) is 7. The molecule has 0 saturated heterocycles. The van der Waals surface area contributed by atoms with Crippen LogP contribution in [0.1, 0.15) is 5.56 Å². The highest BCUT2D eigenvalue weighted by Gasteiger charge is 2.16. The fraction of sp³-hybridized carbons (Fsp3) is 0.0667. The summed E-state index contributed by atoms with van der Waals surface area (Å²) in [4.78, 5) is 18.5. The van der Waals surface area contributed by atoms with Crippen molar-refractivity contribution in [1.82, 2.24) is 24.4 Å². The fourth-order valence-electron chi connectivity index (χ4n) is 4.20. The highest BCUT2D eigenvalue weighted by Crippen LogP contribution is 2.32. The van der Waals surface area contributed by atoms with E-state index in [0.717, 1.165) is 44.0 Å². The van der Waals surface area contributed by atoms with E-state index in [4.69, 9.17) is 14.6 Å². The van der Waals surface area contributed by atoms with Gasteiger partial charge in [0.05, 0.1) is 21.8 Å². The first kappa shape index (κ1) is 25.7. The molecule has 0 radical (unpaired) electrons. The van der Waals surface area contributed by atoms with Crippen molar-refractivity contribution in [3.05, 3.63) is 117 Å². The summed E-state index contributed by atoms with van der Waals surface area (Å²) in [6.45, 7) is 4.08. The van der Waals surface area contributed by atoms with E-state index >= 15 is 0 Å². The Labute approximate surface area is 241 Å². The zero-order valence-corrected chi connectivity index (χ0v) is 23.7. The number of ether oxygens (including phenoxy) is 2. The van der Waals surface area contributed by atoms with Crippen molar-refractivity contribution in [2.75, 3.05) is 13.7 Å². The van der Waals surface area contributed by atoms with E-state index in [2.05, 4.69) is 32.6 Å². The van der Waals surface area contributed by atoms with Gasteiger partial charge >= 0.3 is 0 Å². The van der Waals surface area contributed by atoms with E-state index in [0.29, 0.717) is 21.9 Å². The zero-order valence-electron chi connectivity index (χ0n) is 21.3. The number of rotatable bonds is 8. The van der Waals surface area contributed by atoms with Crippen LogP contribution in [0.4, 0.5) is 0 Å². The van der Waals surface area contributed by atoms with Crippen molar-refractivity contribution in [2.24, 2.45) is 0 Å². The second kappa shape index (κ2) is 10.9. The molecule has 0 saturated carbocycles. The minimum atomic E-state index is -0.237. The SMILES string of the molecule is C=CCOc1ccc(-c2nc3s/c(=C\c4cn(-c5ccccc5)nc4-c4ccc(OC)c(Br)c4)c(=O)n3n2)cc1. The van der Waals surface area contributed by atoms with E-state index in [1.807, 2.05) is 85.1 Å². The van der Waals surface area contributed by atoms with Crippen LogP contribution in [-0.2, 0) is 0 Å². The van der Waals surface area contributed by atoms with Gasteiger partial charge in [0.2, 0.25) is 4.96 Å². The van der Waals surface area contributed by atoms with E-state index < -0.39 is 0 Å². The molecule has 0 fully saturated rings. The largest absolute Gasteiger partial charge is 0.496 e. The topological polar surface area (TPSA) is 83.5 Å². The van der Waals surface area contributed by atoms with Gasteiger partial charge in [0.1, 0.15) is 23.8 Å². The second-order valence-corrected chi connectivity index (χ2v) is 10.6. The van der Waals surface area contributed by atoms with Crippen LogP contribution < -0.4 is 19.6 Å². The van der Waals surface area contributed by atoms with Gasteiger partial charge in [0.25, 0.3) is 5.56 Å². The molecule has 0 bridgehead atoms. The van der Waals surface area contributed by atoms with Crippen molar-refractivity contribution < 1.29 is 9.47 Å². The molecule has 3 aromatic carbocycles. The van der Waals surface area contributed by atoms with E-state index in [9.17, 15) is 4.79 Å². The molecule has 0 aliphatic heterocycles. The Bertz CT molecular complexity index is 1950. The third kappa shape index (κ3) is 4.94. The average molecular weight is 613 g/mol. The maximum Gasteiger partial charge on any atom is 0.291 e. The molecule has 0 aliphatic rings. The lowest BCUT2D eigenvalue weighted by molar-refractivity contribution is 0.363. The van der Waals surface area contributed by atoms with Crippen molar-refractivity contribution in [3.63, 3.8) is 0 Å². The standard InChI is InChI=1S/C30H22BrN5O3S/c1-3-15-39-23-12-9-19(10-13-23)28-32-30-36(34-28)29(37)26(40-30)17-21-18-35(22-7-5-4-6-8-22)33-27(21)20-11-14-25(38-2)24(31)16-20/h3-14,16-18H,1,15H2,2H3/b26-17-. The Balaban J connectivity index is 1.41. The number of para-hydroxylation sites is 1. The van der Waals surface area contributed by atoms with Crippen LogP contribution in [0.5, 0.6) is 11.5 Å². The van der Waals surface area contributed by atoms with Gasteiger partial charge in [0.15, 0.2) is 5.82 Å². The number of methoxy groups -OCH3 is 1. The molecule has 6 aromatic rings. The minimum Gasteiger partial charge on any atom is -0.496 e. The lowest BCUT2D eigenvalue weighted by Gasteiger charge is -2.05. The van der Waals surface area contributed by atoms with E-state index in [1.165, 1.54) is 15.9 Å². The summed E-state index contributed by atoms with van der Waals surface area (Å²) in [5, 5.41) is 9.35. The van der Waals surface area contributed by atoms with Crippen molar-refractivity contribution in [1.29, 1.82) is 0 Å². The highest BCUT2D eigenvalue weighted by atomic mass is 79.9. The number of fused-ring (bicyclic) bond motifs is 1. The summed E-state index contributed by atoms with van der Waals surface area (Å²) < 4.78 is 15.4. The number of hydrogen-bond donors (Lipinski definition) is 0. The molecule has 0 N–H and O–H groups in total. The number of benzene rings is 3. The molecule has 40 heavy (non-hydrogen) atoms. The maximum atomic E-state index is 13.4. The fourth-order valence-corrected chi connectivity index (χ4v) is 5.64. The number of halogens is 1. The molecule has 3 aromatic heterocycles. The van der Waals surface area contributed by atoms with Crippen LogP contribution in [0.25, 0.3) is 39.4 Å². The van der Waals surface area contributed by atoms with Crippen LogP contribution in [0, 0.1) is 0 Å². The number of nitrogens with zero attached hydrogens (tertiary/aromatic N) is 5. The Morgan fingerprint density at radius 2 is 1.80 bits per heavy atom. The van der Waals surface area contributed by atoms with Crippen molar-refractivity contribution in [2.45, 2.75) is 0 Å². The average Bonchev–Trinajstić information content (AvgIpc) is 3.67. The molecule has 8 nitrogen and oxygen atoms in total. The monoisotopic (exact) mass is 611 g/mol. The number of aromatic nitrogens is 5. The first-order chi connectivity index (χ1) is 19.5. The Hall–Kier alpha value is -4.54. The highest BCUT2D eigenvalue weighted by molar-refractivity contribution is 9.10. The summed E-state index contributed by atoms with van der Waals surface area (Å²) in [6.07, 6.45) is 5.45. The predicted molar refractivity (Wildman–Crippen MR) is 160 cm³/mol. The Morgan fingerprint density at radius 3 is 2.50 bits per heavy atom. The summed E-state index contributed by atoms with van der Waals surface area (Å²) in [7, 11) is 1.62. The zero-order chi connectivity index (χ0) is 27.6. The quantitative estimate of drug-likeness (QED) is 0.210. The minimum absolute atomic E-state index is 0.237. The molecule has 0 spiro atoms. The van der Waals surface area contributed by atoms with Gasteiger partial charge in [-0.3, -0.25) is 4.79 Å². The molecule has 3 heterocycles. The van der Waals surface area contributed by atoms with Crippen molar-refractivity contribution in [3.8, 4) is 39.8 Å². The lowest BCUT2D eigenvalue weighted by atomic mass is 10.1. The van der Waals surface area contributed by atoms with Gasteiger partial charge in [-0.1, -0.05) is 42.2 Å². The van der Waals surface area contributed by atoms with Crippen LogP contribution >= 0.6 is 27.3 Å². The predicted octanol–water partition coefficient (Wildman–Crippen LogP) is 5.55. The molecule has 0 amide bonds. The van der Waals surface area contributed by atoms with Crippen LogP contribution in [-0.4, -0.2) is 38.1 Å². The summed E-state index contributed by atoms with van der Waals surface area (Å²) >= 11 is 4.86. The normalized spacial score (nSPS) is 11.7. The van der Waals surface area contributed by atoms with Crippen LogP contribution in [0.2, 0.25) is 0 Å². The number of thiazole rings is 1. The first-order valence-electron chi connectivity index (χ1n) is 12.3. The smallest absolute Gasteiger partial charge is 0.291 e. The molecular weight excluding hydrogens is 590 g/mol. The molecule has 0 aliphatic carbocycles. The van der Waals surface area contributed by atoms with Gasteiger partial charge in [-0.25, -0.2) is 4.68 Å². The summed E-state index contributed by atoms with van der Waals surface area (Å²) in [5.74, 6) is 1.92. The second-order valence-electron chi connectivity index (χ2n) is 8.73. The maximum absolute atomic E-state index is 13.4. The van der Waals surface area contributed by atoms with Gasteiger partial charge in [-0.2, -0.15) is 14.6 Å². The van der Waals surface area contributed by atoms with Crippen LogP contribution in [0.3, 0.4) is 0 Å². The van der Waals surface area contributed by atoms with Gasteiger partial charge in [0, 0.05) is 22.9 Å². The first-order valence-corrected chi connectivity index (χ1v) is 13.9. The van der Waals surface area contributed by atoms with Gasteiger partial charge in [-0.15, -0.1) is 5.10 Å². The molecular formula is C30H22BrN5O3S. The molecule has 6 rings (SSSR count). The third-order valence-corrected chi connectivity index (χ3v) is 7.72. The molecule has 0 unspecified atom stereocenters. The molecule has 198 valence electrons. The van der Waals surface area contributed by atoms with Gasteiger partial charge < -0.3 is 9.47 Å². The third-order valence-electron chi connectivity index (χ3n) is 6.14. The summed E-state index contributed by atoms with van der Waals surface area (Å²) in [6, 6.07) is 23.0. The molecule has 0 atom stereocenters. The Morgan fingerprint density at radius 1 is 1.02 bits per heavy atom. The van der Waals surface area contributed by atoms with E-state index in [1.54, 1.807) is 17.9 Å².